The van der Waals surface area contributed by atoms with E-state index in [4.69, 9.17) is 4.74 Å². The molecule has 0 aromatic carbocycles. The van der Waals surface area contributed by atoms with Crippen molar-refractivity contribution >= 4 is 16.9 Å². The first kappa shape index (κ1) is 15.4. The van der Waals surface area contributed by atoms with Gasteiger partial charge in [-0.05, 0) is 12.5 Å². The third-order valence-corrected chi connectivity index (χ3v) is 3.85. The van der Waals surface area contributed by atoms with E-state index < -0.39 is 0 Å². The van der Waals surface area contributed by atoms with Crippen LogP contribution in [0.4, 0.5) is 5.82 Å². The van der Waals surface area contributed by atoms with Gasteiger partial charge in [-0.15, -0.1) is 0 Å². The minimum absolute atomic E-state index is 0.108. The first-order valence-electron chi connectivity index (χ1n) is 7.56. The van der Waals surface area contributed by atoms with E-state index in [2.05, 4.69) is 32.4 Å². The van der Waals surface area contributed by atoms with Crippen molar-refractivity contribution in [1.82, 2.24) is 29.5 Å². The van der Waals surface area contributed by atoms with Crippen LogP contribution in [0, 0.1) is 0 Å². The number of nitrogens with zero attached hydrogens (tertiary/aromatic N) is 6. The minimum atomic E-state index is 0.108. The highest BCUT2D eigenvalue weighted by molar-refractivity contribution is 5.86. The highest BCUT2D eigenvalue weighted by Gasteiger charge is 2.17. The lowest BCUT2D eigenvalue weighted by atomic mass is 10.1. The van der Waals surface area contributed by atoms with E-state index in [1.165, 1.54) is 0 Å². The molecule has 23 heavy (non-hydrogen) atoms. The second-order valence-corrected chi connectivity index (χ2v) is 5.41. The molecule has 1 atom stereocenters. The van der Waals surface area contributed by atoms with Crippen LogP contribution >= 0.6 is 0 Å². The van der Waals surface area contributed by atoms with Crippen LogP contribution < -0.4 is 5.32 Å². The molecule has 3 aromatic heterocycles. The van der Waals surface area contributed by atoms with Crippen molar-refractivity contribution < 1.29 is 4.74 Å². The van der Waals surface area contributed by atoms with Gasteiger partial charge in [-0.3, -0.25) is 9.36 Å². The third-order valence-electron chi connectivity index (χ3n) is 3.85. The molecule has 0 aliphatic heterocycles. The van der Waals surface area contributed by atoms with Crippen molar-refractivity contribution in [3.63, 3.8) is 0 Å². The Labute approximate surface area is 134 Å². The number of methoxy groups -OCH3 is 1. The fourth-order valence-corrected chi connectivity index (χ4v) is 2.65. The Hall–Kier alpha value is -2.48. The van der Waals surface area contributed by atoms with Crippen LogP contribution in [0.2, 0.25) is 0 Å². The molecular formula is C15H21N7O. The zero-order valence-electron chi connectivity index (χ0n) is 13.8. The summed E-state index contributed by atoms with van der Waals surface area (Å²) in [4.78, 5) is 9.11. The maximum atomic E-state index is 5.17. The summed E-state index contributed by atoms with van der Waals surface area (Å²) in [5.41, 5.74) is 1.89. The second kappa shape index (κ2) is 6.33. The molecule has 0 radical (unpaired) electrons. The Kier molecular flexibility index (Phi) is 4.24. The topological polar surface area (TPSA) is 82.7 Å². The number of aryl methyl sites for hydroxylation is 2. The summed E-state index contributed by atoms with van der Waals surface area (Å²) in [5.74, 6) is 1.40. The molecule has 0 bridgehead atoms. The number of hydrogen-bond acceptors (Lipinski definition) is 6. The van der Waals surface area contributed by atoms with Crippen molar-refractivity contribution in [2.24, 2.45) is 14.1 Å². The summed E-state index contributed by atoms with van der Waals surface area (Å²) in [7, 11) is 5.44. The molecule has 3 aromatic rings. The predicted molar refractivity (Wildman–Crippen MR) is 86.9 cm³/mol. The maximum Gasteiger partial charge on any atom is 0.163 e. The van der Waals surface area contributed by atoms with E-state index in [1.54, 1.807) is 24.2 Å². The van der Waals surface area contributed by atoms with Crippen LogP contribution in [0.3, 0.4) is 0 Å². The number of aromatic nitrogens is 6. The van der Waals surface area contributed by atoms with Gasteiger partial charge in [0.05, 0.1) is 23.3 Å². The Bertz CT molecular complexity index is 807. The highest BCUT2D eigenvalue weighted by atomic mass is 16.5. The molecule has 3 rings (SSSR count). The molecule has 0 aliphatic rings. The fraction of sp³-hybridized carbons (Fsp3) is 0.467. The van der Waals surface area contributed by atoms with Crippen molar-refractivity contribution in [2.45, 2.75) is 26.0 Å². The average Bonchev–Trinajstić information content (AvgIpc) is 3.12. The van der Waals surface area contributed by atoms with E-state index in [9.17, 15) is 0 Å². The predicted octanol–water partition coefficient (Wildman–Crippen LogP) is 1.81. The lowest BCUT2D eigenvalue weighted by molar-refractivity contribution is 0.178. The summed E-state index contributed by atoms with van der Waals surface area (Å²) < 4.78 is 8.79. The molecule has 8 heteroatoms. The maximum absolute atomic E-state index is 5.17. The number of nitrogens with one attached hydrogen (secondary N) is 1. The second-order valence-electron chi connectivity index (χ2n) is 5.41. The highest BCUT2D eigenvalue weighted by Crippen LogP contribution is 2.26. The number of rotatable bonds is 6. The summed E-state index contributed by atoms with van der Waals surface area (Å²) in [6.45, 7) is 2.49. The molecule has 0 aliphatic carbocycles. The molecule has 0 spiro atoms. The van der Waals surface area contributed by atoms with Crippen LogP contribution in [0.25, 0.3) is 11.0 Å². The van der Waals surface area contributed by atoms with Gasteiger partial charge in [0, 0.05) is 27.4 Å². The number of fused-ring (bicyclic) bond motifs is 1. The first-order valence-corrected chi connectivity index (χ1v) is 7.56. The van der Waals surface area contributed by atoms with Gasteiger partial charge in [-0.25, -0.2) is 9.97 Å². The van der Waals surface area contributed by atoms with E-state index >= 15 is 0 Å². The minimum Gasteiger partial charge on any atom is -0.377 e. The zero-order chi connectivity index (χ0) is 16.4. The van der Waals surface area contributed by atoms with Gasteiger partial charge < -0.3 is 10.1 Å². The Morgan fingerprint density at radius 1 is 1.22 bits per heavy atom. The molecule has 0 unspecified atom stereocenters. The molecule has 3 heterocycles. The van der Waals surface area contributed by atoms with Crippen LogP contribution in [-0.4, -0.2) is 36.6 Å². The van der Waals surface area contributed by atoms with Gasteiger partial charge in [0.15, 0.2) is 11.5 Å². The lowest BCUT2D eigenvalue weighted by Gasteiger charge is -2.18. The summed E-state index contributed by atoms with van der Waals surface area (Å²) in [6, 6.07) is 2.12. The molecule has 0 saturated carbocycles. The van der Waals surface area contributed by atoms with E-state index in [0.717, 1.165) is 29.0 Å². The first-order chi connectivity index (χ1) is 11.1. The molecule has 0 fully saturated rings. The largest absolute Gasteiger partial charge is 0.377 e. The Morgan fingerprint density at radius 2 is 2.04 bits per heavy atom. The van der Waals surface area contributed by atoms with E-state index in [-0.39, 0.29) is 6.04 Å². The van der Waals surface area contributed by atoms with Crippen molar-refractivity contribution in [1.29, 1.82) is 0 Å². The van der Waals surface area contributed by atoms with Crippen LogP contribution in [0.1, 0.15) is 30.9 Å². The van der Waals surface area contributed by atoms with Crippen molar-refractivity contribution in [3.8, 4) is 0 Å². The fourth-order valence-electron chi connectivity index (χ4n) is 2.65. The molecule has 1 N–H and O–H groups in total. The molecule has 0 amide bonds. The lowest BCUT2D eigenvalue weighted by Crippen LogP contribution is -2.16. The Balaban J connectivity index is 2.02. The van der Waals surface area contributed by atoms with Crippen LogP contribution in [0.15, 0.2) is 18.5 Å². The average molecular weight is 315 g/mol. The van der Waals surface area contributed by atoms with Gasteiger partial charge in [0.25, 0.3) is 0 Å². The zero-order valence-corrected chi connectivity index (χ0v) is 13.8. The standard InChI is InChI=1S/C15H21N7O/c1-5-11(12-6-7-16-21(12)2)18-14-10-8-17-22(3)15(10)20-13(19-14)9-23-4/h6-8,11H,5,9H2,1-4H3,(H,18,19,20)/t11-/m0/s1. The Morgan fingerprint density at radius 3 is 2.70 bits per heavy atom. The van der Waals surface area contributed by atoms with Crippen molar-refractivity contribution in [2.75, 3.05) is 12.4 Å². The SMILES string of the molecule is CC[C@H](Nc1nc(COC)nc2c1cnn2C)c1ccnn1C. The normalized spacial score (nSPS) is 12.7. The third kappa shape index (κ3) is 2.89. The van der Waals surface area contributed by atoms with Crippen LogP contribution in [-0.2, 0) is 25.4 Å². The summed E-state index contributed by atoms with van der Waals surface area (Å²) in [6.07, 6.45) is 4.49. The van der Waals surface area contributed by atoms with E-state index in [0.29, 0.717) is 12.4 Å². The van der Waals surface area contributed by atoms with E-state index in [1.807, 2.05) is 24.8 Å². The molecule has 122 valence electrons. The molecule has 8 nitrogen and oxygen atoms in total. The van der Waals surface area contributed by atoms with Gasteiger partial charge >= 0.3 is 0 Å². The van der Waals surface area contributed by atoms with Crippen molar-refractivity contribution in [3.05, 3.63) is 30.0 Å². The quantitative estimate of drug-likeness (QED) is 0.747. The van der Waals surface area contributed by atoms with Crippen LogP contribution in [0.5, 0.6) is 0 Å². The van der Waals surface area contributed by atoms with Gasteiger partial charge in [-0.2, -0.15) is 10.2 Å². The summed E-state index contributed by atoms with van der Waals surface area (Å²) >= 11 is 0. The molecule has 0 saturated heterocycles. The summed E-state index contributed by atoms with van der Waals surface area (Å²) in [5, 5.41) is 12.9. The van der Waals surface area contributed by atoms with Gasteiger partial charge in [-0.1, -0.05) is 6.92 Å². The molecular weight excluding hydrogens is 294 g/mol. The number of anilines is 1. The number of hydrogen-bond donors (Lipinski definition) is 1. The smallest absolute Gasteiger partial charge is 0.163 e. The van der Waals surface area contributed by atoms with Gasteiger partial charge in [0.1, 0.15) is 12.4 Å². The monoisotopic (exact) mass is 315 g/mol. The van der Waals surface area contributed by atoms with Gasteiger partial charge in [0.2, 0.25) is 0 Å². The number of ether oxygens (including phenoxy) is 1.